The summed E-state index contributed by atoms with van der Waals surface area (Å²) in [5, 5.41) is 0. The van der Waals surface area contributed by atoms with Crippen molar-refractivity contribution in [2.45, 2.75) is 6.23 Å². The van der Waals surface area contributed by atoms with Crippen molar-refractivity contribution < 1.29 is 9.22 Å². The van der Waals surface area contributed by atoms with Gasteiger partial charge in [0.1, 0.15) is 6.23 Å². The van der Waals surface area contributed by atoms with E-state index in [1.165, 1.54) is 24.4 Å². The van der Waals surface area contributed by atoms with E-state index in [1.807, 2.05) is 6.26 Å². The third-order valence-corrected chi connectivity index (χ3v) is 1.36. The minimum Gasteiger partial charge on any atom is -0.363 e. The van der Waals surface area contributed by atoms with Crippen molar-refractivity contribution >= 4 is 11.8 Å². The Labute approximate surface area is 52.7 Å². The number of nitrogens with one attached hydrogen (secondary N) is 1. The highest BCUT2D eigenvalue weighted by molar-refractivity contribution is 7.98. The number of thioether (sulfide) groups is 1. The van der Waals surface area contributed by atoms with Gasteiger partial charge in [0.25, 0.3) is 0 Å². The monoisotopic (exact) mass is 139 g/mol. The molecule has 0 aliphatic rings. The fourth-order valence-electron chi connectivity index (χ4n) is 0.295. The van der Waals surface area contributed by atoms with Crippen LogP contribution in [-0.2, 0) is 4.74 Å². The smallest absolute Gasteiger partial charge is 0.143 e. The normalized spacial score (nSPS) is 13.9. The van der Waals surface area contributed by atoms with Crippen molar-refractivity contribution in [1.29, 1.82) is 0 Å². The fraction of sp³-hybridized carbons (Fsp3) is 1.00. The molecule has 0 saturated heterocycles. The summed E-state index contributed by atoms with van der Waals surface area (Å²) in [5.74, 6) is 0.632. The number of methoxy groups -OCH3 is 1. The van der Waals surface area contributed by atoms with Gasteiger partial charge in [0, 0.05) is 12.9 Å². The topological polar surface area (TPSA) is 21.3 Å². The Morgan fingerprint density at radius 3 is 2.62 bits per heavy atom. The molecule has 4 heteroatoms. The van der Waals surface area contributed by atoms with Gasteiger partial charge in [-0.05, 0) is 6.26 Å². The highest BCUT2D eigenvalue weighted by Crippen LogP contribution is 1.96. The first-order chi connectivity index (χ1) is 3.85. The maximum absolute atomic E-state index is 11.5. The minimum absolute atomic E-state index is 0.454. The van der Waals surface area contributed by atoms with Crippen LogP contribution in [0.2, 0.25) is 0 Å². The van der Waals surface area contributed by atoms with Crippen LogP contribution in [0.5, 0.6) is 0 Å². The lowest BCUT2D eigenvalue weighted by atomic mass is 10.7. The molecule has 0 aromatic rings. The van der Waals surface area contributed by atoms with E-state index in [-0.39, 0.29) is 0 Å². The van der Waals surface area contributed by atoms with Crippen molar-refractivity contribution in [2.24, 2.45) is 0 Å². The summed E-state index contributed by atoms with van der Waals surface area (Å²) in [6.45, 7) is 0. The number of hydrogen-bond donors (Lipinski definition) is 1. The summed E-state index contributed by atoms with van der Waals surface area (Å²) < 4.78 is 16.1. The van der Waals surface area contributed by atoms with E-state index in [0.717, 1.165) is 0 Å². The van der Waals surface area contributed by atoms with Crippen LogP contribution in [0.4, 0.5) is 4.48 Å². The van der Waals surface area contributed by atoms with Gasteiger partial charge < -0.3 is 4.74 Å². The lowest BCUT2D eigenvalue weighted by Gasteiger charge is -2.07. The molecule has 0 amide bonds. The molecule has 1 N–H and O–H groups in total. The molecule has 50 valence electrons. The zero-order valence-corrected chi connectivity index (χ0v) is 5.80. The Kier molecular flexibility index (Phi) is 5.47. The van der Waals surface area contributed by atoms with E-state index in [2.05, 4.69) is 4.74 Å². The lowest BCUT2D eigenvalue weighted by molar-refractivity contribution is 0.0384. The molecule has 0 saturated carbocycles. The molecular formula is C4H10FNOS. The van der Waals surface area contributed by atoms with Crippen LogP contribution in [-0.4, -0.2) is 25.3 Å². The van der Waals surface area contributed by atoms with Crippen LogP contribution in [0, 0.1) is 0 Å². The molecule has 0 aromatic carbocycles. The molecule has 1 unspecified atom stereocenters. The molecule has 0 heterocycles. The quantitative estimate of drug-likeness (QED) is 0.459. The molecule has 0 bridgehead atoms. The highest BCUT2D eigenvalue weighted by Gasteiger charge is 2.01. The van der Waals surface area contributed by atoms with E-state index in [9.17, 15) is 4.48 Å². The van der Waals surface area contributed by atoms with E-state index >= 15 is 0 Å². The Balaban J connectivity index is 3.07. The molecule has 0 aliphatic heterocycles. The average molecular weight is 139 g/mol. The summed E-state index contributed by atoms with van der Waals surface area (Å²) >= 11 is 1.53. The van der Waals surface area contributed by atoms with Gasteiger partial charge in [-0.15, -0.1) is 10.0 Å². The van der Waals surface area contributed by atoms with Gasteiger partial charge in [-0.1, -0.05) is 0 Å². The van der Waals surface area contributed by atoms with Gasteiger partial charge in [-0.3, -0.25) is 0 Å². The molecule has 0 radical (unpaired) electrons. The van der Waals surface area contributed by atoms with Crippen molar-refractivity contribution in [2.75, 3.05) is 19.1 Å². The Hall–Kier alpha value is 0.200. The Bertz CT molecular complexity index is 51.3. The molecule has 2 nitrogen and oxygen atoms in total. The number of halogens is 1. The van der Waals surface area contributed by atoms with Crippen LogP contribution in [0.15, 0.2) is 0 Å². The maximum Gasteiger partial charge on any atom is 0.143 e. The van der Waals surface area contributed by atoms with E-state index in [4.69, 9.17) is 0 Å². The first-order valence-electron chi connectivity index (χ1n) is 2.23. The van der Waals surface area contributed by atoms with Crippen LogP contribution in [0.1, 0.15) is 0 Å². The molecule has 1 atom stereocenters. The number of hydrogen-bond acceptors (Lipinski definition) is 3. The Morgan fingerprint density at radius 2 is 2.50 bits per heavy atom. The van der Waals surface area contributed by atoms with E-state index in [0.29, 0.717) is 5.75 Å². The average Bonchev–Trinajstić information content (AvgIpc) is 1.83. The molecule has 0 spiro atoms. The first kappa shape index (κ1) is 8.20. The summed E-state index contributed by atoms with van der Waals surface area (Å²) in [7, 11) is 1.47. The lowest BCUT2D eigenvalue weighted by Crippen LogP contribution is -2.26. The predicted octanol–water partition coefficient (Wildman–Crippen LogP) is 0.796. The van der Waals surface area contributed by atoms with Crippen LogP contribution >= 0.6 is 11.8 Å². The van der Waals surface area contributed by atoms with Gasteiger partial charge in [0.05, 0.1) is 0 Å². The second-order valence-corrected chi connectivity index (χ2v) is 2.20. The largest absolute Gasteiger partial charge is 0.363 e. The summed E-state index contributed by atoms with van der Waals surface area (Å²) in [6, 6.07) is 0. The molecule has 8 heavy (non-hydrogen) atoms. The zero-order valence-electron chi connectivity index (χ0n) is 4.98. The third kappa shape index (κ3) is 3.23. The first-order valence-corrected chi connectivity index (χ1v) is 3.62. The van der Waals surface area contributed by atoms with Crippen molar-refractivity contribution in [3.8, 4) is 0 Å². The van der Waals surface area contributed by atoms with Gasteiger partial charge in [0.2, 0.25) is 0 Å². The SMILES string of the molecule is COC(CSC)NF. The summed E-state index contributed by atoms with van der Waals surface area (Å²) in [6.07, 6.45) is 1.44. The van der Waals surface area contributed by atoms with Gasteiger partial charge in [-0.2, -0.15) is 11.8 Å². The fourth-order valence-corrected chi connectivity index (χ4v) is 0.797. The molecular weight excluding hydrogens is 129 g/mol. The minimum atomic E-state index is -0.454. The van der Waals surface area contributed by atoms with Gasteiger partial charge >= 0.3 is 0 Å². The van der Waals surface area contributed by atoms with Crippen LogP contribution < -0.4 is 5.54 Å². The maximum atomic E-state index is 11.5. The van der Waals surface area contributed by atoms with E-state index in [1.54, 1.807) is 0 Å². The number of ether oxygens (including phenoxy) is 1. The van der Waals surface area contributed by atoms with Gasteiger partial charge in [0.15, 0.2) is 0 Å². The van der Waals surface area contributed by atoms with Crippen molar-refractivity contribution in [1.82, 2.24) is 5.54 Å². The highest BCUT2D eigenvalue weighted by atomic mass is 32.2. The summed E-state index contributed by atoms with van der Waals surface area (Å²) in [4.78, 5) is 0. The molecule has 0 fully saturated rings. The second-order valence-electron chi connectivity index (χ2n) is 1.29. The second kappa shape index (κ2) is 5.34. The molecule has 0 aromatic heterocycles. The zero-order chi connectivity index (χ0) is 6.41. The predicted molar refractivity (Wildman–Crippen MR) is 33.4 cm³/mol. The van der Waals surface area contributed by atoms with Crippen molar-refractivity contribution in [3.05, 3.63) is 0 Å². The van der Waals surface area contributed by atoms with Crippen LogP contribution in [0.3, 0.4) is 0 Å². The van der Waals surface area contributed by atoms with Gasteiger partial charge in [-0.25, -0.2) is 0 Å². The van der Waals surface area contributed by atoms with Crippen molar-refractivity contribution in [3.63, 3.8) is 0 Å². The van der Waals surface area contributed by atoms with Crippen LogP contribution in [0.25, 0.3) is 0 Å². The molecule has 0 rings (SSSR count). The standard InChI is InChI=1S/C4H10FNOS/c1-7-4(6-5)3-8-2/h4,6H,3H2,1-2H3. The third-order valence-electron chi connectivity index (χ3n) is 0.724. The Morgan fingerprint density at radius 1 is 1.88 bits per heavy atom. The van der Waals surface area contributed by atoms with E-state index < -0.39 is 6.23 Å². The number of rotatable bonds is 4. The summed E-state index contributed by atoms with van der Waals surface area (Å²) in [5.41, 5.74) is 1.51. The molecule has 0 aliphatic carbocycles.